The molecule has 1 aliphatic heterocycles. The molecule has 7 atom stereocenters. The van der Waals surface area contributed by atoms with Crippen molar-refractivity contribution in [1.82, 2.24) is 5.32 Å². The number of hydrogen-bond acceptors (Lipinski definition) is 8. The quantitative estimate of drug-likeness (QED) is 0.0261. The van der Waals surface area contributed by atoms with Crippen molar-refractivity contribution in [3.8, 4) is 0 Å². The van der Waals surface area contributed by atoms with E-state index in [1.54, 1.807) is 0 Å². The van der Waals surface area contributed by atoms with Crippen LogP contribution in [0.3, 0.4) is 0 Å². The van der Waals surface area contributed by atoms with Gasteiger partial charge in [-0.3, -0.25) is 4.79 Å². The first kappa shape index (κ1) is 66.4. The first-order valence-corrected chi connectivity index (χ1v) is 30.2. The molecule has 0 saturated carbocycles. The molecular weight excluding hydrogens is 875 g/mol. The topological polar surface area (TPSA) is 149 Å². The Bertz CT molecular complexity index is 1190. The van der Waals surface area contributed by atoms with Crippen LogP contribution in [0.2, 0.25) is 0 Å². The van der Waals surface area contributed by atoms with Crippen LogP contribution in [0.1, 0.15) is 290 Å². The van der Waals surface area contributed by atoms with E-state index in [9.17, 15) is 30.3 Å². The molecular formula is C61H115NO8. The van der Waals surface area contributed by atoms with E-state index in [0.717, 1.165) is 51.4 Å². The van der Waals surface area contributed by atoms with Crippen LogP contribution in [0.5, 0.6) is 0 Å². The zero-order valence-corrected chi connectivity index (χ0v) is 45.8. The van der Waals surface area contributed by atoms with Gasteiger partial charge >= 0.3 is 0 Å². The number of hydrogen-bond donors (Lipinski definition) is 6. The monoisotopic (exact) mass is 990 g/mol. The van der Waals surface area contributed by atoms with Crippen molar-refractivity contribution in [3.05, 3.63) is 36.5 Å². The van der Waals surface area contributed by atoms with Gasteiger partial charge in [-0.05, 0) is 51.4 Å². The number of carbonyl (C=O) groups excluding carboxylic acids is 1. The van der Waals surface area contributed by atoms with Crippen molar-refractivity contribution in [1.29, 1.82) is 0 Å². The number of carbonyl (C=O) groups is 1. The number of rotatable bonds is 52. The lowest BCUT2D eigenvalue weighted by molar-refractivity contribution is -0.302. The third-order valence-electron chi connectivity index (χ3n) is 14.5. The molecule has 1 rings (SSSR count). The summed E-state index contributed by atoms with van der Waals surface area (Å²) in [5.74, 6) is -0.145. The van der Waals surface area contributed by atoms with Gasteiger partial charge < -0.3 is 40.3 Å². The van der Waals surface area contributed by atoms with Gasteiger partial charge in [0.25, 0.3) is 0 Å². The second kappa shape index (κ2) is 50.9. The van der Waals surface area contributed by atoms with Crippen molar-refractivity contribution >= 4 is 5.91 Å². The molecule has 1 heterocycles. The second-order valence-electron chi connectivity index (χ2n) is 21.1. The predicted octanol–water partition coefficient (Wildman–Crippen LogP) is 15.1. The Hall–Kier alpha value is -1.59. The second-order valence-corrected chi connectivity index (χ2v) is 21.1. The summed E-state index contributed by atoms with van der Waals surface area (Å²) in [5, 5.41) is 54.1. The highest BCUT2D eigenvalue weighted by atomic mass is 16.7. The molecule has 0 spiro atoms. The molecule has 7 unspecified atom stereocenters. The maximum atomic E-state index is 12.9. The minimum Gasteiger partial charge on any atom is -0.394 e. The molecule has 6 N–H and O–H groups in total. The highest BCUT2D eigenvalue weighted by molar-refractivity contribution is 5.76. The maximum absolute atomic E-state index is 12.9. The summed E-state index contributed by atoms with van der Waals surface area (Å²) in [6.07, 6.45) is 59.8. The average molecular weight is 991 g/mol. The summed E-state index contributed by atoms with van der Waals surface area (Å²) in [6, 6.07) is -0.713. The Balaban J connectivity index is 1.92. The fourth-order valence-corrected chi connectivity index (χ4v) is 9.70. The number of amides is 1. The fraction of sp³-hybridized carbons (Fsp3) is 0.885. The van der Waals surface area contributed by atoms with Gasteiger partial charge in [-0.25, -0.2) is 0 Å². The normalized spacial score (nSPS) is 19.6. The molecule has 0 aromatic rings. The molecule has 0 radical (unpaired) electrons. The fourth-order valence-electron chi connectivity index (χ4n) is 9.70. The van der Waals surface area contributed by atoms with Gasteiger partial charge in [-0.15, -0.1) is 0 Å². The number of aliphatic hydroxyl groups excluding tert-OH is 5. The first-order valence-electron chi connectivity index (χ1n) is 30.2. The predicted molar refractivity (Wildman–Crippen MR) is 295 cm³/mol. The van der Waals surface area contributed by atoms with Crippen LogP contribution >= 0.6 is 0 Å². The van der Waals surface area contributed by atoms with Crippen molar-refractivity contribution in [2.24, 2.45) is 0 Å². The zero-order valence-electron chi connectivity index (χ0n) is 45.8. The Morgan fingerprint density at radius 1 is 0.486 bits per heavy atom. The SMILES string of the molecule is CCCCCCC/C=C\C/C=C\C/C=C\CCCCCCCCCCCCCCCCCCCCCCCCCCCCC(=O)NC(COC1OC(CO)C(O)C(O)C1O)C(O)CCCCCCCC. The van der Waals surface area contributed by atoms with Crippen LogP contribution in [-0.2, 0) is 14.3 Å². The molecule has 1 saturated heterocycles. The van der Waals surface area contributed by atoms with Crippen molar-refractivity contribution in [2.45, 2.75) is 333 Å². The summed E-state index contributed by atoms with van der Waals surface area (Å²) >= 11 is 0. The van der Waals surface area contributed by atoms with Crippen LogP contribution in [0.25, 0.3) is 0 Å². The molecule has 1 aliphatic rings. The Kier molecular flexibility index (Phi) is 48.3. The van der Waals surface area contributed by atoms with E-state index in [-0.39, 0.29) is 12.5 Å². The van der Waals surface area contributed by atoms with Crippen LogP contribution in [-0.4, -0.2) is 87.5 Å². The lowest BCUT2D eigenvalue weighted by Crippen LogP contribution is -2.60. The van der Waals surface area contributed by atoms with E-state index in [1.807, 2.05) is 0 Å². The average Bonchev–Trinajstić information content (AvgIpc) is 3.36. The lowest BCUT2D eigenvalue weighted by Gasteiger charge is -2.40. The Labute approximate surface area is 431 Å². The van der Waals surface area contributed by atoms with Crippen LogP contribution < -0.4 is 5.32 Å². The standard InChI is InChI=1S/C61H115NO8/c1-3-5-7-9-11-12-13-14-15-16-17-18-19-20-21-22-23-24-25-26-27-28-29-30-31-32-33-34-35-36-37-38-39-40-41-42-43-44-45-47-49-51-57(65)62-54(55(64)50-48-46-10-8-6-4-2)53-69-61-60(68)59(67)58(66)56(52-63)70-61/h13-14,16-17,19-20,54-56,58-61,63-64,66-68H,3-12,15,18,21-53H2,1-2H3,(H,62,65)/b14-13-,17-16-,20-19-. The zero-order chi connectivity index (χ0) is 50.8. The van der Waals surface area contributed by atoms with Gasteiger partial charge in [0, 0.05) is 6.42 Å². The van der Waals surface area contributed by atoms with E-state index in [2.05, 4.69) is 55.6 Å². The Morgan fingerprint density at radius 2 is 0.843 bits per heavy atom. The molecule has 412 valence electrons. The third-order valence-corrected chi connectivity index (χ3v) is 14.5. The summed E-state index contributed by atoms with van der Waals surface area (Å²) in [4.78, 5) is 12.9. The van der Waals surface area contributed by atoms with Gasteiger partial charge in [-0.1, -0.05) is 269 Å². The third kappa shape index (κ3) is 39.9. The summed E-state index contributed by atoms with van der Waals surface area (Å²) in [6.45, 7) is 3.77. The molecule has 0 aliphatic carbocycles. The highest BCUT2D eigenvalue weighted by Gasteiger charge is 2.44. The minimum absolute atomic E-state index is 0.136. The number of nitrogens with one attached hydrogen (secondary N) is 1. The molecule has 9 nitrogen and oxygen atoms in total. The van der Waals surface area contributed by atoms with E-state index in [1.165, 1.54) is 212 Å². The molecule has 0 aromatic heterocycles. The molecule has 1 fully saturated rings. The summed E-state index contributed by atoms with van der Waals surface area (Å²) < 4.78 is 11.2. The summed E-state index contributed by atoms with van der Waals surface area (Å²) in [7, 11) is 0. The van der Waals surface area contributed by atoms with Crippen molar-refractivity contribution in [2.75, 3.05) is 13.2 Å². The van der Waals surface area contributed by atoms with Crippen LogP contribution in [0, 0.1) is 0 Å². The van der Waals surface area contributed by atoms with Gasteiger partial charge in [-0.2, -0.15) is 0 Å². The number of ether oxygens (including phenoxy) is 2. The van der Waals surface area contributed by atoms with Gasteiger partial charge in [0.05, 0.1) is 25.4 Å². The van der Waals surface area contributed by atoms with Crippen LogP contribution in [0.4, 0.5) is 0 Å². The van der Waals surface area contributed by atoms with Crippen molar-refractivity contribution < 1.29 is 39.8 Å². The number of unbranched alkanes of at least 4 members (excludes halogenated alkanes) is 36. The van der Waals surface area contributed by atoms with Gasteiger partial charge in [0.15, 0.2) is 6.29 Å². The minimum atomic E-state index is -1.55. The smallest absolute Gasteiger partial charge is 0.220 e. The molecule has 1 amide bonds. The maximum Gasteiger partial charge on any atom is 0.220 e. The molecule has 0 bridgehead atoms. The van der Waals surface area contributed by atoms with Gasteiger partial charge in [0.2, 0.25) is 5.91 Å². The number of aliphatic hydroxyl groups is 5. The molecule has 70 heavy (non-hydrogen) atoms. The summed E-state index contributed by atoms with van der Waals surface area (Å²) in [5.41, 5.74) is 0. The number of allylic oxidation sites excluding steroid dienone is 6. The Morgan fingerprint density at radius 3 is 1.24 bits per heavy atom. The van der Waals surface area contributed by atoms with E-state index in [4.69, 9.17) is 9.47 Å². The van der Waals surface area contributed by atoms with Gasteiger partial charge in [0.1, 0.15) is 24.4 Å². The largest absolute Gasteiger partial charge is 0.394 e. The molecule has 9 heteroatoms. The highest BCUT2D eigenvalue weighted by Crippen LogP contribution is 2.23. The van der Waals surface area contributed by atoms with Crippen LogP contribution in [0.15, 0.2) is 36.5 Å². The molecule has 0 aromatic carbocycles. The van der Waals surface area contributed by atoms with E-state index >= 15 is 0 Å². The van der Waals surface area contributed by atoms with Crippen molar-refractivity contribution in [3.63, 3.8) is 0 Å². The first-order chi connectivity index (χ1) is 34.3. The lowest BCUT2D eigenvalue weighted by atomic mass is 9.99. The van der Waals surface area contributed by atoms with E-state index < -0.39 is 49.5 Å². The van der Waals surface area contributed by atoms with E-state index in [0.29, 0.717) is 12.8 Å².